The summed E-state index contributed by atoms with van der Waals surface area (Å²) >= 11 is 2.09. The third-order valence-corrected chi connectivity index (χ3v) is 4.96. The highest BCUT2D eigenvalue weighted by atomic mass is 32.2. The highest BCUT2D eigenvalue weighted by molar-refractivity contribution is 7.99. The Kier molecular flexibility index (Phi) is 5.54. The minimum atomic E-state index is 0.652. The van der Waals surface area contributed by atoms with Crippen molar-refractivity contribution >= 4 is 11.8 Å². The predicted molar refractivity (Wildman–Crippen MR) is 78.9 cm³/mol. The molecule has 0 bridgehead atoms. The summed E-state index contributed by atoms with van der Waals surface area (Å²) < 4.78 is 5.25. The first kappa shape index (κ1) is 13.9. The number of hydrogen-bond acceptors (Lipinski definition) is 3. The number of methoxy groups -OCH3 is 1. The molecule has 1 saturated heterocycles. The molecule has 1 aliphatic heterocycles. The first-order valence-corrected chi connectivity index (χ1v) is 7.77. The zero-order chi connectivity index (χ0) is 12.8. The highest BCUT2D eigenvalue weighted by Crippen LogP contribution is 2.25. The largest absolute Gasteiger partial charge is 0.380 e. The topological polar surface area (TPSA) is 21.3 Å². The number of thioether (sulfide) groups is 1. The molecular weight excluding hydrogens is 242 g/mol. The molecule has 1 aromatic carbocycles. The van der Waals surface area contributed by atoms with E-state index in [4.69, 9.17) is 4.74 Å². The molecule has 100 valence electrons. The van der Waals surface area contributed by atoms with Crippen molar-refractivity contribution in [2.24, 2.45) is 0 Å². The average Bonchev–Trinajstić information content (AvgIpc) is 2.40. The van der Waals surface area contributed by atoms with Crippen LogP contribution in [0.1, 0.15) is 30.9 Å². The van der Waals surface area contributed by atoms with Gasteiger partial charge in [0.2, 0.25) is 0 Å². The maximum absolute atomic E-state index is 5.25. The van der Waals surface area contributed by atoms with Crippen LogP contribution in [0.25, 0.3) is 0 Å². The molecule has 1 fully saturated rings. The fraction of sp³-hybridized carbons (Fsp3) is 0.600. The molecule has 1 aromatic rings. The molecular formula is C15H23NOS. The average molecular weight is 265 g/mol. The summed E-state index contributed by atoms with van der Waals surface area (Å²) in [5, 5.41) is 4.44. The van der Waals surface area contributed by atoms with Gasteiger partial charge in [0.25, 0.3) is 0 Å². The fourth-order valence-corrected chi connectivity index (χ4v) is 3.63. The Bertz CT molecular complexity index is 369. The van der Waals surface area contributed by atoms with Crippen LogP contribution in [0.5, 0.6) is 0 Å². The van der Waals surface area contributed by atoms with E-state index in [0.29, 0.717) is 12.6 Å². The molecule has 0 aromatic heterocycles. The van der Waals surface area contributed by atoms with Crippen LogP contribution in [0.2, 0.25) is 0 Å². The van der Waals surface area contributed by atoms with Crippen LogP contribution in [-0.2, 0) is 17.9 Å². The van der Waals surface area contributed by atoms with Gasteiger partial charge in [-0.1, -0.05) is 31.2 Å². The first-order valence-electron chi connectivity index (χ1n) is 6.72. The molecule has 18 heavy (non-hydrogen) atoms. The Balaban J connectivity index is 1.92. The molecule has 2 atom stereocenters. The second-order valence-electron chi connectivity index (χ2n) is 4.91. The van der Waals surface area contributed by atoms with E-state index in [1.54, 1.807) is 7.11 Å². The van der Waals surface area contributed by atoms with Gasteiger partial charge in [-0.15, -0.1) is 0 Å². The van der Waals surface area contributed by atoms with E-state index in [-0.39, 0.29) is 0 Å². The molecule has 1 N–H and O–H groups in total. The lowest BCUT2D eigenvalue weighted by atomic mass is 10.1. The van der Waals surface area contributed by atoms with Gasteiger partial charge in [0.05, 0.1) is 6.61 Å². The maximum atomic E-state index is 5.25. The zero-order valence-corrected chi connectivity index (χ0v) is 12.1. The minimum Gasteiger partial charge on any atom is -0.380 e. The molecule has 0 aliphatic carbocycles. The van der Waals surface area contributed by atoms with E-state index in [1.807, 2.05) is 0 Å². The van der Waals surface area contributed by atoms with E-state index in [9.17, 15) is 0 Å². The van der Waals surface area contributed by atoms with Gasteiger partial charge in [-0.3, -0.25) is 0 Å². The number of nitrogens with one attached hydrogen (secondary N) is 1. The van der Waals surface area contributed by atoms with E-state index in [2.05, 4.69) is 48.3 Å². The first-order chi connectivity index (χ1) is 8.81. The molecule has 0 radical (unpaired) electrons. The second-order valence-corrected chi connectivity index (χ2v) is 6.39. The van der Waals surface area contributed by atoms with Crippen molar-refractivity contribution in [1.29, 1.82) is 0 Å². The standard InChI is InChI=1S/C15H23NOS/c1-12-15(8-5-9-18-12)16-10-13-6-3-4-7-14(13)11-17-2/h3-4,6-7,12,15-16H,5,8-11H2,1-2H3. The van der Waals surface area contributed by atoms with Gasteiger partial charge in [0, 0.05) is 24.9 Å². The summed E-state index contributed by atoms with van der Waals surface area (Å²) in [6.07, 6.45) is 2.65. The van der Waals surface area contributed by atoms with Crippen molar-refractivity contribution in [3.05, 3.63) is 35.4 Å². The monoisotopic (exact) mass is 265 g/mol. The normalized spacial score (nSPS) is 24.1. The molecule has 2 rings (SSSR count). The molecule has 1 heterocycles. The van der Waals surface area contributed by atoms with E-state index >= 15 is 0 Å². The smallest absolute Gasteiger partial charge is 0.0716 e. The number of hydrogen-bond donors (Lipinski definition) is 1. The lowest BCUT2D eigenvalue weighted by Gasteiger charge is -2.29. The van der Waals surface area contributed by atoms with Crippen LogP contribution >= 0.6 is 11.8 Å². The van der Waals surface area contributed by atoms with Crippen molar-refractivity contribution in [3.8, 4) is 0 Å². The van der Waals surface area contributed by atoms with Crippen molar-refractivity contribution < 1.29 is 4.74 Å². The summed E-state index contributed by atoms with van der Waals surface area (Å²) in [5.41, 5.74) is 2.66. The molecule has 2 nitrogen and oxygen atoms in total. The third kappa shape index (κ3) is 3.74. The van der Waals surface area contributed by atoms with Crippen LogP contribution < -0.4 is 5.32 Å². The number of ether oxygens (including phenoxy) is 1. The zero-order valence-electron chi connectivity index (χ0n) is 11.3. The molecule has 0 saturated carbocycles. The SMILES string of the molecule is COCc1ccccc1CNC1CCCSC1C. The Morgan fingerprint density at radius 2 is 2.11 bits per heavy atom. The minimum absolute atomic E-state index is 0.652. The van der Waals surface area contributed by atoms with Crippen LogP contribution in [-0.4, -0.2) is 24.2 Å². The Hall–Kier alpha value is -0.510. The van der Waals surface area contributed by atoms with Crippen LogP contribution in [0.4, 0.5) is 0 Å². The summed E-state index contributed by atoms with van der Waals surface area (Å²) in [6.45, 7) is 3.99. The van der Waals surface area contributed by atoms with Gasteiger partial charge in [0.1, 0.15) is 0 Å². The van der Waals surface area contributed by atoms with Crippen LogP contribution in [0, 0.1) is 0 Å². The third-order valence-electron chi connectivity index (χ3n) is 3.58. The van der Waals surface area contributed by atoms with Crippen molar-refractivity contribution in [2.45, 2.75) is 44.2 Å². The van der Waals surface area contributed by atoms with Gasteiger partial charge >= 0.3 is 0 Å². The van der Waals surface area contributed by atoms with Crippen molar-refractivity contribution in [3.63, 3.8) is 0 Å². The Morgan fingerprint density at radius 1 is 1.33 bits per heavy atom. The van der Waals surface area contributed by atoms with Gasteiger partial charge in [-0.05, 0) is 29.7 Å². The molecule has 0 spiro atoms. The van der Waals surface area contributed by atoms with Gasteiger partial charge in [-0.25, -0.2) is 0 Å². The maximum Gasteiger partial charge on any atom is 0.0716 e. The van der Waals surface area contributed by atoms with Crippen LogP contribution in [0.3, 0.4) is 0 Å². The molecule has 2 unspecified atom stereocenters. The van der Waals surface area contributed by atoms with Gasteiger partial charge in [0.15, 0.2) is 0 Å². The van der Waals surface area contributed by atoms with E-state index in [1.165, 1.54) is 29.7 Å². The quantitative estimate of drug-likeness (QED) is 0.883. The van der Waals surface area contributed by atoms with Crippen molar-refractivity contribution in [1.82, 2.24) is 5.32 Å². The summed E-state index contributed by atoms with van der Waals surface area (Å²) in [6, 6.07) is 9.19. The fourth-order valence-electron chi connectivity index (χ4n) is 2.46. The lowest BCUT2D eigenvalue weighted by Crippen LogP contribution is -2.38. The van der Waals surface area contributed by atoms with Crippen LogP contribution in [0.15, 0.2) is 24.3 Å². The van der Waals surface area contributed by atoms with Crippen molar-refractivity contribution in [2.75, 3.05) is 12.9 Å². The Labute approximate surface area is 114 Å². The second kappa shape index (κ2) is 7.17. The van der Waals surface area contributed by atoms with E-state index < -0.39 is 0 Å². The number of benzene rings is 1. The predicted octanol–water partition coefficient (Wildman–Crippen LogP) is 3.21. The van der Waals surface area contributed by atoms with Gasteiger partial charge < -0.3 is 10.1 Å². The number of rotatable bonds is 5. The van der Waals surface area contributed by atoms with E-state index in [0.717, 1.165) is 11.8 Å². The summed E-state index contributed by atoms with van der Waals surface area (Å²) in [5.74, 6) is 1.32. The highest BCUT2D eigenvalue weighted by Gasteiger charge is 2.21. The van der Waals surface area contributed by atoms with Gasteiger partial charge in [-0.2, -0.15) is 11.8 Å². The molecule has 3 heteroatoms. The lowest BCUT2D eigenvalue weighted by molar-refractivity contribution is 0.184. The molecule has 0 amide bonds. The molecule has 1 aliphatic rings. The summed E-state index contributed by atoms with van der Waals surface area (Å²) in [7, 11) is 1.75. The summed E-state index contributed by atoms with van der Waals surface area (Å²) in [4.78, 5) is 0. The Morgan fingerprint density at radius 3 is 2.83 bits per heavy atom.